The molecule has 1 aromatic rings. The molecule has 0 radical (unpaired) electrons. The van der Waals surface area contributed by atoms with Gasteiger partial charge in [-0.3, -0.25) is 0 Å². The maximum atomic E-state index is 5.89. The average molecular weight is 216 g/mol. The average Bonchev–Trinajstić information content (AvgIpc) is 2.28. The van der Waals surface area contributed by atoms with Crippen LogP contribution in [0.1, 0.15) is 29.5 Å². The highest BCUT2D eigenvalue weighted by molar-refractivity contribution is 5.60. The molecule has 0 saturated carbocycles. The number of nitrogens with two attached hydrogens (primary N) is 2. The number of hydrogen-bond donors (Lipinski definition) is 2. The van der Waals surface area contributed by atoms with Gasteiger partial charge in [-0.05, 0) is 37.3 Å². The minimum absolute atomic E-state index is 0.109. The SMILES string of the molecule is Cc1ccc2c(c1)C=C(C[C@H](N)CN)CC2. The van der Waals surface area contributed by atoms with Crippen molar-refractivity contribution in [1.82, 2.24) is 0 Å². The molecule has 16 heavy (non-hydrogen) atoms. The maximum absolute atomic E-state index is 5.89. The van der Waals surface area contributed by atoms with Crippen molar-refractivity contribution in [1.29, 1.82) is 0 Å². The van der Waals surface area contributed by atoms with E-state index in [-0.39, 0.29) is 6.04 Å². The highest BCUT2D eigenvalue weighted by atomic mass is 14.7. The van der Waals surface area contributed by atoms with Gasteiger partial charge >= 0.3 is 0 Å². The molecule has 2 rings (SSSR count). The van der Waals surface area contributed by atoms with E-state index in [2.05, 4.69) is 31.2 Å². The Morgan fingerprint density at radius 2 is 2.12 bits per heavy atom. The summed E-state index contributed by atoms with van der Waals surface area (Å²) in [7, 11) is 0. The fraction of sp³-hybridized carbons (Fsp3) is 0.429. The largest absolute Gasteiger partial charge is 0.329 e. The minimum Gasteiger partial charge on any atom is -0.329 e. The number of rotatable bonds is 3. The highest BCUT2D eigenvalue weighted by Crippen LogP contribution is 2.26. The summed E-state index contributed by atoms with van der Waals surface area (Å²) in [6, 6.07) is 6.78. The zero-order chi connectivity index (χ0) is 11.5. The molecule has 1 aliphatic rings. The summed E-state index contributed by atoms with van der Waals surface area (Å²) in [6.45, 7) is 2.70. The molecule has 1 aliphatic carbocycles. The Labute approximate surface area is 97.3 Å². The molecule has 2 heteroatoms. The second-order valence-electron chi connectivity index (χ2n) is 4.70. The van der Waals surface area contributed by atoms with Crippen LogP contribution in [0.15, 0.2) is 23.8 Å². The summed E-state index contributed by atoms with van der Waals surface area (Å²) in [5, 5.41) is 0. The van der Waals surface area contributed by atoms with Crippen molar-refractivity contribution in [3.8, 4) is 0 Å². The van der Waals surface area contributed by atoms with Gasteiger partial charge in [0.05, 0.1) is 0 Å². The predicted molar refractivity (Wildman–Crippen MR) is 69.1 cm³/mol. The molecule has 1 atom stereocenters. The van der Waals surface area contributed by atoms with Gasteiger partial charge in [0.25, 0.3) is 0 Å². The molecule has 2 nitrogen and oxygen atoms in total. The Hall–Kier alpha value is -1.12. The Morgan fingerprint density at radius 1 is 1.31 bits per heavy atom. The number of aryl methyl sites for hydroxylation is 2. The van der Waals surface area contributed by atoms with Crippen LogP contribution >= 0.6 is 0 Å². The molecule has 0 aliphatic heterocycles. The van der Waals surface area contributed by atoms with Gasteiger partial charge < -0.3 is 11.5 Å². The highest BCUT2D eigenvalue weighted by Gasteiger charge is 2.12. The van der Waals surface area contributed by atoms with Crippen molar-refractivity contribution in [2.24, 2.45) is 11.5 Å². The Bertz CT molecular complexity index is 407. The Morgan fingerprint density at radius 3 is 2.88 bits per heavy atom. The van der Waals surface area contributed by atoms with Crippen LogP contribution in [-0.2, 0) is 6.42 Å². The summed E-state index contributed by atoms with van der Waals surface area (Å²) in [5.74, 6) is 0. The molecule has 0 spiro atoms. The molecule has 0 aromatic heterocycles. The molecule has 0 bridgehead atoms. The third-order valence-corrected chi connectivity index (χ3v) is 3.20. The lowest BCUT2D eigenvalue weighted by atomic mass is 9.88. The van der Waals surface area contributed by atoms with E-state index in [1.54, 1.807) is 0 Å². The van der Waals surface area contributed by atoms with Crippen molar-refractivity contribution >= 4 is 6.08 Å². The van der Waals surface area contributed by atoms with E-state index >= 15 is 0 Å². The molecule has 0 heterocycles. The van der Waals surface area contributed by atoms with Crippen molar-refractivity contribution in [2.45, 2.75) is 32.2 Å². The fourth-order valence-electron chi connectivity index (χ4n) is 2.24. The second kappa shape index (κ2) is 4.81. The lowest BCUT2D eigenvalue weighted by Gasteiger charge is -2.19. The minimum atomic E-state index is 0.109. The van der Waals surface area contributed by atoms with Crippen LogP contribution in [0.5, 0.6) is 0 Å². The summed E-state index contributed by atoms with van der Waals surface area (Å²) < 4.78 is 0. The van der Waals surface area contributed by atoms with Crippen LogP contribution in [0.2, 0.25) is 0 Å². The quantitative estimate of drug-likeness (QED) is 0.812. The van der Waals surface area contributed by atoms with E-state index in [1.807, 2.05) is 0 Å². The molecule has 0 fully saturated rings. The van der Waals surface area contributed by atoms with Gasteiger partial charge in [0.2, 0.25) is 0 Å². The predicted octanol–water partition coefficient (Wildman–Crippen LogP) is 2.00. The molecule has 86 valence electrons. The van der Waals surface area contributed by atoms with Crippen LogP contribution in [-0.4, -0.2) is 12.6 Å². The summed E-state index contributed by atoms with van der Waals surface area (Å²) >= 11 is 0. The van der Waals surface area contributed by atoms with E-state index in [1.165, 1.54) is 22.3 Å². The summed E-state index contributed by atoms with van der Waals surface area (Å²) in [6.07, 6.45) is 5.49. The van der Waals surface area contributed by atoms with Crippen LogP contribution in [0, 0.1) is 6.92 Å². The first-order valence-electron chi connectivity index (χ1n) is 5.93. The van der Waals surface area contributed by atoms with Crippen LogP contribution in [0.3, 0.4) is 0 Å². The first-order valence-corrected chi connectivity index (χ1v) is 5.93. The van der Waals surface area contributed by atoms with Crippen LogP contribution < -0.4 is 11.5 Å². The zero-order valence-corrected chi connectivity index (χ0v) is 9.87. The van der Waals surface area contributed by atoms with Gasteiger partial charge in [0.15, 0.2) is 0 Å². The monoisotopic (exact) mass is 216 g/mol. The molecular weight excluding hydrogens is 196 g/mol. The first kappa shape index (κ1) is 11.4. The molecule has 0 amide bonds. The second-order valence-corrected chi connectivity index (χ2v) is 4.70. The van der Waals surface area contributed by atoms with E-state index in [9.17, 15) is 0 Å². The topological polar surface area (TPSA) is 52.0 Å². The molecule has 4 N–H and O–H groups in total. The van der Waals surface area contributed by atoms with Gasteiger partial charge in [0.1, 0.15) is 0 Å². The standard InChI is InChI=1S/C14H20N2/c1-10-2-4-12-5-3-11(7-13(12)6-10)8-14(16)9-15/h2,4,6-7,14H,3,5,8-9,15-16H2,1H3/t14-/m0/s1. The van der Waals surface area contributed by atoms with Gasteiger partial charge in [-0.25, -0.2) is 0 Å². The maximum Gasteiger partial charge on any atom is 0.0200 e. The lowest BCUT2D eigenvalue weighted by Crippen LogP contribution is -2.30. The normalized spacial score (nSPS) is 16.6. The third-order valence-electron chi connectivity index (χ3n) is 3.20. The van der Waals surface area contributed by atoms with E-state index in [4.69, 9.17) is 11.5 Å². The van der Waals surface area contributed by atoms with Crippen LogP contribution in [0.4, 0.5) is 0 Å². The van der Waals surface area contributed by atoms with Crippen molar-refractivity contribution in [3.05, 3.63) is 40.5 Å². The zero-order valence-electron chi connectivity index (χ0n) is 9.87. The number of benzene rings is 1. The Kier molecular flexibility index (Phi) is 3.42. The molecule has 0 saturated heterocycles. The van der Waals surface area contributed by atoms with Crippen molar-refractivity contribution < 1.29 is 0 Å². The van der Waals surface area contributed by atoms with Crippen LogP contribution in [0.25, 0.3) is 6.08 Å². The fourth-order valence-corrected chi connectivity index (χ4v) is 2.24. The summed E-state index contributed by atoms with van der Waals surface area (Å²) in [4.78, 5) is 0. The van der Waals surface area contributed by atoms with E-state index in [0.29, 0.717) is 6.54 Å². The lowest BCUT2D eigenvalue weighted by molar-refractivity contribution is 0.656. The molecule has 0 unspecified atom stereocenters. The van der Waals surface area contributed by atoms with E-state index in [0.717, 1.165) is 19.3 Å². The molecular formula is C14H20N2. The first-order chi connectivity index (χ1) is 7.69. The smallest absolute Gasteiger partial charge is 0.0200 e. The van der Waals surface area contributed by atoms with Crippen molar-refractivity contribution in [2.75, 3.05) is 6.54 Å². The van der Waals surface area contributed by atoms with Crippen molar-refractivity contribution in [3.63, 3.8) is 0 Å². The van der Waals surface area contributed by atoms with Gasteiger partial charge in [-0.1, -0.05) is 35.4 Å². The van der Waals surface area contributed by atoms with Gasteiger partial charge in [0, 0.05) is 12.6 Å². The van der Waals surface area contributed by atoms with Gasteiger partial charge in [-0.2, -0.15) is 0 Å². The number of hydrogen-bond acceptors (Lipinski definition) is 2. The third kappa shape index (κ3) is 2.52. The Balaban J connectivity index is 2.20. The van der Waals surface area contributed by atoms with Gasteiger partial charge in [-0.15, -0.1) is 0 Å². The van der Waals surface area contributed by atoms with E-state index < -0.39 is 0 Å². The molecule has 1 aromatic carbocycles. The summed E-state index contributed by atoms with van der Waals surface area (Å²) in [5.41, 5.74) is 17.0. The number of fused-ring (bicyclic) bond motifs is 1.